The van der Waals surface area contributed by atoms with Crippen molar-refractivity contribution in [3.63, 3.8) is 0 Å². The number of ether oxygens (including phenoxy) is 1. The number of benzene rings is 2. The summed E-state index contributed by atoms with van der Waals surface area (Å²) in [5.41, 5.74) is 1.01. The number of hydrogen-bond acceptors (Lipinski definition) is 3. The fourth-order valence-corrected chi connectivity index (χ4v) is 2.48. The molecule has 1 unspecified atom stereocenters. The van der Waals surface area contributed by atoms with E-state index in [4.69, 9.17) is 4.74 Å². The molecule has 0 aliphatic rings. The second-order valence-corrected chi connectivity index (χ2v) is 5.34. The third-order valence-corrected chi connectivity index (χ3v) is 3.69. The zero-order valence-corrected chi connectivity index (χ0v) is 12.9. The second kappa shape index (κ2) is 6.92. The predicted octanol–water partition coefficient (Wildman–Crippen LogP) is 3.49. The van der Waals surface area contributed by atoms with E-state index in [9.17, 15) is 4.79 Å². The average Bonchev–Trinajstić information content (AvgIpc) is 2.60. The molecule has 0 saturated heterocycles. The number of carbonyl (C=O) groups is 1. The Hall–Kier alpha value is -2.88. The van der Waals surface area contributed by atoms with Crippen LogP contribution in [0, 0.1) is 0 Å². The van der Waals surface area contributed by atoms with Gasteiger partial charge in [0.25, 0.3) is 5.91 Å². The van der Waals surface area contributed by atoms with Crippen LogP contribution in [0.25, 0.3) is 10.8 Å². The summed E-state index contributed by atoms with van der Waals surface area (Å²) in [7, 11) is 0. The second-order valence-electron chi connectivity index (χ2n) is 5.34. The normalized spacial score (nSPS) is 11.9. The standard InChI is InChI=1S/C19H18N2O2/c1-14(15-9-11-20-12-10-15)21-19(22)13-23-18-8-4-6-16-5-2-3-7-17(16)18/h2-12,14H,13H2,1H3,(H,21,22). The summed E-state index contributed by atoms with van der Waals surface area (Å²) in [6.07, 6.45) is 3.43. The molecule has 0 aliphatic heterocycles. The maximum absolute atomic E-state index is 12.1. The van der Waals surface area contributed by atoms with Gasteiger partial charge in [0, 0.05) is 17.8 Å². The van der Waals surface area contributed by atoms with E-state index in [1.54, 1.807) is 12.4 Å². The van der Waals surface area contributed by atoms with Gasteiger partial charge >= 0.3 is 0 Å². The Bertz CT molecular complexity index is 797. The lowest BCUT2D eigenvalue weighted by atomic mass is 10.1. The average molecular weight is 306 g/mol. The van der Waals surface area contributed by atoms with Crippen molar-refractivity contribution in [3.8, 4) is 5.75 Å². The first-order chi connectivity index (χ1) is 11.2. The quantitative estimate of drug-likeness (QED) is 0.785. The van der Waals surface area contributed by atoms with E-state index in [2.05, 4.69) is 10.3 Å². The van der Waals surface area contributed by atoms with Gasteiger partial charge < -0.3 is 10.1 Å². The Balaban J connectivity index is 1.62. The summed E-state index contributed by atoms with van der Waals surface area (Å²) >= 11 is 0. The van der Waals surface area contributed by atoms with Gasteiger partial charge in [-0.25, -0.2) is 0 Å². The number of pyridine rings is 1. The van der Waals surface area contributed by atoms with Gasteiger partial charge in [0.05, 0.1) is 6.04 Å². The fourth-order valence-electron chi connectivity index (χ4n) is 2.48. The van der Waals surface area contributed by atoms with E-state index in [1.165, 1.54) is 0 Å². The molecule has 0 fully saturated rings. The lowest BCUT2D eigenvalue weighted by Gasteiger charge is -2.15. The highest BCUT2D eigenvalue weighted by molar-refractivity contribution is 5.88. The lowest BCUT2D eigenvalue weighted by Crippen LogP contribution is -2.31. The molecule has 0 saturated carbocycles. The van der Waals surface area contributed by atoms with Crippen molar-refractivity contribution in [2.24, 2.45) is 0 Å². The predicted molar refractivity (Wildman–Crippen MR) is 90.2 cm³/mol. The van der Waals surface area contributed by atoms with Gasteiger partial charge in [0.15, 0.2) is 6.61 Å². The van der Waals surface area contributed by atoms with Crippen LogP contribution in [-0.2, 0) is 4.79 Å². The molecule has 23 heavy (non-hydrogen) atoms. The van der Waals surface area contributed by atoms with Gasteiger partial charge in [-0.1, -0.05) is 36.4 Å². The van der Waals surface area contributed by atoms with Crippen LogP contribution in [0.1, 0.15) is 18.5 Å². The van der Waals surface area contributed by atoms with Crippen LogP contribution >= 0.6 is 0 Å². The van der Waals surface area contributed by atoms with E-state index >= 15 is 0 Å². The highest BCUT2D eigenvalue weighted by atomic mass is 16.5. The number of carbonyl (C=O) groups excluding carboxylic acids is 1. The molecule has 0 radical (unpaired) electrons. The summed E-state index contributed by atoms with van der Waals surface area (Å²) in [5.74, 6) is 0.567. The minimum absolute atomic E-state index is 0.0105. The maximum Gasteiger partial charge on any atom is 0.258 e. The molecule has 0 spiro atoms. The molecule has 3 rings (SSSR count). The third kappa shape index (κ3) is 3.66. The van der Waals surface area contributed by atoms with Crippen molar-refractivity contribution in [2.75, 3.05) is 6.61 Å². The summed E-state index contributed by atoms with van der Waals surface area (Å²) in [6.45, 7) is 1.93. The van der Waals surface area contributed by atoms with E-state index in [0.717, 1.165) is 22.1 Å². The van der Waals surface area contributed by atoms with Crippen molar-refractivity contribution in [1.82, 2.24) is 10.3 Å². The highest BCUT2D eigenvalue weighted by Crippen LogP contribution is 2.25. The Morgan fingerprint density at radius 3 is 2.65 bits per heavy atom. The smallest absolute Gasteiger partial charge is 0.258 e. The summed E-state index contributed by atoms with van der Waals surface area (Å²) in [6, 6.07) is 17.5. The monoisotopic (exact) mass is 306 g/mol. The lowest BCUT2D eigenvalue weighted by molar-refractivity contribution is -0.123. The molecule has 0 bridgehead atoms. The third-order valence-electron chi connectivity index (χ3n) is 3.69. The molecule has 3 aromatic rings. The molecule has 1 N–H and O–H groups in total. The Kier molecular flexibility index (Phi) is 4.52. The largest absolute Gasteiger partial charge is 0.483 e. The molecule has 1 amide bonds. The number of hydrogen-bond donors (Lipinski definition) is 1. The Labute approximate surface area is 135 Å². The molecule has 116 valence electrons. The summed E-state index contributed by atoms with van der Waals surface area (Å²) < 4.78 is 5.69. The van der Waals surface area contributed by atoms with Gasteiger partial charge in [0.2, 0.25) is 0 Å². The van der Waals surface area contributed by atoms with Crippen LogP contribution in [0.3, 0.4) is 0 Å². The molecule has 4 nitrogen and oxygen atoms in total. The summed E-state index contributed by atoms with van der Waals surface area (Å²) in [5, 5.41) is 5.02. The summed E-state index contributed by atoms with van der Waals surface area (Å²) in [4.78, 5) is 16.1. The molecule has 0 aliphatic carbocycles. The first kappa shape index (κ1) is 15.0. The van der Waals surface area contributed by atoms with E-state index in [-0.39, 0.29) is 18.6 Å². The number of rotatable bonds is 5. The SMILES string of the molecule is CC(NC(=O)COc1cccc2ccccc12)c1ccncc1. The number of amides is 1. The molecule has 4 heteroatoms. The molecule has 1 heterocycles. The van der Waals surface area contributed by atoms with Gasteiger partial charge in [-0.2, -0.15) is 0 Å². The van der Waals surface area contributed by atoms with Crippen molar-refractivity contribution < 1.29 is 9.53 Å². The molecule has 1 aromatic heterocycles. The van der Waals surface area contributed by atoms with Crippen LogP contribution in [0.15, 0.2) is 67.0 Å². The van der Waals surface area contributed by atoms with E-state index < -0.39 is 0 Å². The van der Waals surface area contributed by atoms with Gasteiger partial charge in [-0.05, 0) is 36.1 Å². The first-order valence-electron chi connectivity index (χ1n) is 7.54. The zero-order valence-electron chi connectivity index (χ0n) is 12.9. The molecule has 1 atom stereocenters. The number of nitrogens with one attached hydrogen (secondary N) is 1. The van der Waals surface area contributed by atoms with Gasteiger partial charge in [-0.3, -0.25) is 9.78 Å². The van der Waals surface area contributed by atoms with E-state index in [0.29, 0.717) is 0 Å². The molecule has 2 aromatic carbocycles. The maximum atomic E-state index is 12.1. The highest BCUT2D eigenvalue weighted by Gasteiger charge is 2.10. The van der Waals surface area contributed by atoms with Crippen molar-refractivity contribution in [1.29, 1.82) is 0 Å². The zero-order chi connectivity index (χ0) is 16.1. The van der Waals surface area contributed by atoms with Gasteiger partial charge in [0.1, 0.15) is 5.75 Å². The molecular weight excluding hydrogens is 288 g/mol. The number of nitrogens with zero attached hydrogens (tertiary/aromatic N) is 1. The van der Waals surface area contributed by atoms with Crippen LogP contribution in [0.4, 0.5) is 0 Å². The topological polar surface area (TPSA) is 51.2 Å². The number of aromatic nitrogens is 1. The Morgan fingerprint density at radius 1 is 1.09 bits per heavy atom. The van der Waals surface area contributed by atoms with E-state index in [1.807, 2.05) is 61.5 Å². The van der Waals surface area contributed by atoms with Crippen molar-refractivity contribution in [2.45, 2.75) is 13.0 Å². The fraction of sp³-hybridized carbons (Fsp3) is 0.158. The van der Waals surface area contributed by atoms with Gasteiger partial charge in [-0.15, -0.1) is 0 Å². The number of fused-ring (bicyclic) bond motifs is 1. The Morgan fingerprint density at radius 2 is 1.83 bits per heavy atom. The molecular formula is C19H18N2O2. The minimum atomic E-state index is -0.151. The van der Waals surface area contributed by atoms with Crippen LogP contribution < -0.4 is 10.1 Å². The van der Waals surface area contributed by atoms with Crippen molar-refractivity contribution in [3.05, 3.63) is 72.6 Å². The minimum Gasteiger partial charge on any atom is -0.483 e. The first-order valence-corrected chi connectivity index (χ1v) is 7.54. The van der Waals surface area contributed by atoms with Crippen LogP contribution in [0.5, 0.6) is 5.75 Å². The van der Waals surface area contributed by atoms with Crippen LogP contribution in [-0.4, -0.2) is 17.5 Å². The van der Waals surface area contributed by atoms with Crippen LogP contribution in [0.2, 0.25) is 0 Å². The van der Waals surface area contributed by atoms with Crippen molar-refractivity contribution >= 4 is 16.7 Å².